The van der Waals surface area contributed by atoms with Gasteiger partial charge in [0.1, 0.15) is 0 Å². The van der Waals surface area contributed by atoms with Crippen LogP contribution in [0.25, 0.3) is 5.32 Å². The van der Waals surface area contributed by atoms with Gasteiger partial charge in [-0.2, -0.15) is 0 Å². The zero-order chi connectivity index (χ0) is 38.6. The van der Waals surface area contributed by atoms with Crippen LogP contribution in [0, 0.1) is 0 Å². The number of halogens is 1. The van der Waals surface area contributed by atoms with Crippen molar-refractivity contribution < 1.29 is 25.9 Å². The highest BCUT2D eigenvalue weighted by molar-refractivity contribution is 4.78. The fourth-order valence-electron chi connectivity index (χ4n) is 7.00. The molecule has 0 aromatic heterocycles. The zero-order valence-corrected chi connectivity index (χ0v) is 40.2. The van der Waals surface area contributed by atoms with Crippen LogP contribution in [0.5, 0.6) is 0 Å². The van der Waals surface area contributed by atoms with Crippen LogP contribution in [0.3, 0.4) is 0 Å². The number of hydrogen-bond donors (Lipinski definition) is 0. The number of quaternary nitrogens is 2. The largest absolute Gasteiger partial charge is 1.00 e. The Morgan fingerprint density at radius 2 is 0.423 bits per heavy atom. The molecule has 0 heterocycles. The first-order valence-corrected chi connectivity index (χ1v) is 23.8. The summed E-state index contributed by atoms with van der Waals surface area (Å²) in [6.45, 7) is 13.8. The molecular formula is C48H106BrN3. The number of nitrogens with zero attached hydrogens (tertiary/aromatic N) is 3. The van der Waals surface area contributed by atoms with E-state index in [1.54, 1.807) is 0 Å². The third-order valence-corrected chi connectivity index (χ3v) is 10.1. The summed E-state index contributed by atoms with van der Waals surface area (Å²) in [4.78, 5) is 0. The van der Waals surface area contributed by atoms with Gasteiger partial charge in [0.25, 0.3) is 0 Å². The molecule has 0 aliphatic carbocycles. The predicted molar refractivity (Wildman–Crippen MR) is 239 cm³/mol. The lowest BCUT2D eigenvalue weighted by atomic mass is 10.0. The van der Waals surface area contributed by atoms with Gasteiger partial charge < -0.3 is 31.3 Å². The molecule has 0 rings (SSSR count). The highest BCUT2D eigenvalue weighted by atomic mass is 79.9. The van der Waals surface area contributed by atoms with Gasteiger partial charge in [-0.3, -0.25) is 0 Å². The van der Waals surface area contributed by atoms with E-state index in [4.69, 9.17) is 5.32 Å². The summed E-state index contributed by atoms with van der Waals surface area (Å²) in [5.41, 5.74) is 0. The van der Waals surface area contributed by atoms with Gasteiger partial charge in [0.15, 0.2) is 0 Å². The third-order valence-electron chi connectivity index (χ3n) is 10.1. The normalized spacial score (nSPS) is 11.4. The van der Waals surface area contributed by atoms with Crippen LogP contribution in [0.15, 0.2) is 0 Å². The van der Waals surface area contributed by atoms with Crippen molar-refractivity contribution in [3.8, 4) is 0 Å². The molecule has 0 aliphatic rings. The van der Waals surface area contributed by atoms with Gasteiger partial charge in [-0.05, 0) is 12.8 Å². The Balaban J connectivity index is -0.000000640. The molecule has 52 heavy (non-hydrogen) atoms. The molecule has 320 valence electrons. The lowest BCUT2D eigenvalue weighted by Crippen LogP contribution is -3.00. The average Bonchev–Trinajstić information content (AvgIpc) is 3.06. The molecule has 0 bridgehead atoms. The van der Waals surface area contributed by atoms with Gasteiger partial charge in [-0.25, -0.2) is 0 Å². The summed E-state index contributed by atoms with van der Waals surface area (Å²) in [6, 6.07) is 0. The van der Waals surface area contributed by atoms with Crippen molar-refractivity contribution in [3.63, 3.8) is 0 Å². The van der Waals surface area contributed by atoms with E-state index >= 15 is 0 Å². The Morgan fingerprint density at radius 1 is 0.250 bits per heavy atom. The molecule has 0 aromatic rings. The fraction of sp³-hybridized carbons (Fsp3) is 1.00. The van der Waals surface area contributed by atoms with Crippen LogP contribution >= 0.6 is 0 Å². The minimum Gasteiger partial charge on any atom is -1.00 e. The Hall–Kier alpha value is 0.360. The van der Waals surface area contributed by atoms with Gasteiger partial charge in [0.05, 0.1) is 55.4 Å². The first kappa shape index (κ1) is 59.1. The monoisotopic (exact) mass is 804 g/mol. The van der Waals surface area contributed by atoms with Gasteiger partial charge in [0.2, 0.25) is 0 Å². The van der Waals surface area contributed by atoms with Crippen LogP contribution in [0.2, 0.25) is 0 Å². The summed E-state index contributed by atoms with van der Waals surface area (Å²) in [5, 5.41) is 4.78. The maximum atomic E-state index is 4.78. The predicted octanol–water partition coefficient (Wildman–Crippen LogP) is 13.1. The first-order chi connectivity index (χ1) is 24.5. The highest BCUT2D eigenvalue weighted by Gasteiger charge is 2.02. The van der Waals surface area contributed by atoms with Crippen molar-refractivity contribution >= 4 is 0 Å². The molecule has 0 fully saturated rings. The van der Waals surface area contributed by atoms with Crippen molar-refractivity contribution in [3.05, 3.63) is 5.32 Å². The van der Waals surface area contributed by atoms with E-state index in [0.717, 1.165) is 22.1 Å². The molecule has 0 saturated heterocycles. The molecule has 0 unspecified atom stereocenters. The van der Waals surface area contributed by atoms with Crippen LogP contribution in [0.4, 0.5) is 0 Å². The van der Waals surface area contributed by atoms with Gasteiger partial charge in [-0.1, -0.05) is 233 Å². The fourth-order valence-corrected chi connectivity index (χ4v) is 7.00. The van der Waals surface area contributed by atoms with E-state index < -0.39 is 0 Å². The summed E-state index contributed by atoms with van der Waals surface area (Å²) in [7, 11) is 13.3. The van der Waals surface area contributed by atoms with Gasteiger partial charge in [0, 0.05) is 0 Å². The second-order valence-electron chi connectivity index (χ2n) is 18.3. The van der Waals surface area contributed by atoms with Crippen molar-refractivity contribution in [1.29, 1.82) is 0 Å². The standard InChI is InChI=1S/C36H74N.2C6H16N.BrH/c1-3-5-7-9-11-13-15-17-19-21-23-25-27-29-31-33-35-37-36-34-32-30-28-26-24-22-20-18-16-14-12-10-8-6-4-2;2*1-5-6-7(2,3)4;/h3-36H2,1-2H3;2*5-6H2,1-4H3;1H/q-1;2*+1;/p-1. The molecule has 4 heteroatoms. The molecule has 0 spiro atoms. The molecule has 0 aliphatic heterocycles. The van der Waals surface area contributed by atoms with E-state index in [9.17, 15) is 0 Å². The van der Waals surface area contributed by atoms with Crippen molar-refractivity contribution in [2.75, 3.05) is 68.5 Å². The molecule has 0 atom stereocenters. The maximum Gasteiger partial charge on any atom is 0.0777 e. The van der Waals surface area contributed by atoms with Crippen LogP contribution < -0.4 is 17.0 Å². The first-order valence-electron chi connectivity index (χ1n) is 23.8. The van der Waals surface area contributed by atoms with E-state index in [2.05, 4.69) is 70.0 Å². The lowest BCUT2D eigenvalue weighted by Gasteiger charge is -2.22. The minimum absolute atomic E-state index is 0. The van der Waals surface area contributed by atoms with E-state index in [-0.39, 0.29) is 17.0 Å². The summed E-state index contributed by atoms with van der Waals surface area (Å²) in [6.07, 6.45) is 48.9. The Kier molecular flexibility index (Phi) is 56.1. The molecule has 0 radical (unpaired) electrons. The molecule has 3 nitrogen and oxygen atoms in total. The molecule has 0 aromatic carbocycles. The lowest BCUT2D eigenvalue weighted by molar-refractivity contribution is -0.870. The van der Waals surface area contributed by atoms with E-state index in [0.29, 0.717) is 0 Å². The highest BCUT2D eigenvalue weighted by Crippen LogP contribution is 2.16. The van der Waals surface area contributed by atoms with Crippen molar-refractivity contribution in [2.24, 2.45) is 0 Å². The van der Waals surface area contributed by atoms with Crippen LogP contribution in [0.1, 0.15) is 246 Å². The van der Waals surface area contributed by atoms with Crippen LogP contribution in [-0.4, -0.2) is 77.4 Å². The molecule has 0 N–H and O–H groups in total. The van der Waals surface area contributed by atoms with Crippen molar-refractivity contribution in [2.45, 2.75) is 246 Å². The maximum absolute atomic E-state index is 4.78. The zero-order valence-electron chi connectivity index (χ0n) is 38.6. The average molecular weight is 805 g/mol. The molecule has 0 saturated carbocycles. The summed E-state index contributed by atoms with van der Waals surface area (Å²) >= 11 is 0. The summed E-state index contributed by atoms with van der Waals surface area (Å²) < 4.78 is 2.19. The molecule has 0 amide bonds. The third kappa shape index (κ3) is 68.4. The number of hydrogen-bond acceptors (Lipinski definition) is 0. The van der Waals surface area contributed by atoms with Gasteiger partial charge in [-0.15, -0.1) is 13.1 Å². The van der Waals surface area contributed by atoms with Crippen molar-refractivity contribution in [1.82, 2.24) is 0 Å². The smallest absolute Gasteiger partial charge is 0.0777 e. The molecular weight excluding hydrogens is 698 g/mol. The Labute approximate surface area is 344 Å². The minimum atomic E-state index is 0. The second kappa shape index (κ2) is 49.4. The van der Waals surface area contributed by atoms with Gasteiger partial charge >= 0.3 is 0 Å². The Bertz CT molecular complexity index is 533. The second-order valence-corrected chi connectivity index (χ2v) is 18.3. The summed E-state index contributed by atoms with van der Waals surface area (Å²) in [5.74, 6) is 0. The SMILES string of the molecule is CCCCCCCCCCCCCCCCCC[N-]CCCCCCCCCCCCCCCCCC.CCC[N+](C)(C)C.CCC[N+](C)(C)C.[Br-]. The van der Waals surface area contributed by atoms with E-state index in [1.165, 1.54) is 231 Å². The number of rotatable bonds is 38. The van der Waals surface area contributed by atoms with E-state index in [1.807, 2.05) is 0 Å². The van der Waals surface area contributed by atoms with Crippen LogP contribution in [-0.2, 0) is 0 Å². The number of unbranched alkanes of at least 4 members (excludes halogenated alkanes) is 30. The Morgan fingerprint density at radius 3 is 0.558 bits per heavy atom. The topological polar surface area (TPSA) is 14.1 Å². The quantitative estimate of drug-likeness (QED) is 0.0436.